The maximum Gasteiger partial charge on any atom is 0.306 e. The number of ether oxygens (including phenoxy) is 2. The molecule has 1 fully saturated rings. The first-order chi connectivity index (χ1) is 20.6. The first-order valence-electron chi connectivity index (χ1n) is 17.8. The molecule has 6 nitrogen and oxygen atoms in total. The highest BCUT2D eigenvalue weighted by atomic mass is 127. The van der Waals surface area contributed by atoms with Crippen LogP contribution in [0, 0.1) is 5.92 Å². The number of aliphatic hydroxyl groups excluding tert-OH is 1. The van der Waals surface area contributed by atoms with Crippen molar-refractivity contribution in [2.75, 3.05) is 37.3 Å². The number of alkyl halides is 1. The lowest BCUT2D eigenvalue weighted by atomic mass is 9.84. The highest BCUT2D eigenvalue weighted by molar-refractivity contribution is 14.1. The molecule has 7 heteroatoms. The standard InChI is InChI=1S/C35H66INO5/c1-2-3-12-19-32-22-24-33(25-23-32)42-35(40)21-14-11-17-28-37(29-30-38)27-16-9-6-7-13-20-34(39)41-31-18-10-5-4-8-15-26-36/h32-33,38H,2-31H2,1H3. The van der Waals surface area contributed by atoms with Gasteiger partial charge in [-0.1, -0.05) is 107 Å². The lowest BCUT2D eigenvalue weighted by Gasteiger charge is -2.28. The second-order valence-corrected chi connectivity index (χ2v) is 13.6. The van der Waals surface area contributed by atoms with Crippen molar-refractivity contribution in [2.24, 2.45) is 5.92 Å². The summed E-state index contributed by atoms with van der Waals surface area (Å²) in [6.45, 7) is 5.72. The van der Waals surface area contributed by atoms with Crippen molar-refractivity contribution >= 4 is 34.5 Å². The Morgan fingerprint density at radius 3 is 1.90 bits per heavy atom. The predicted octanol–water partition coefficient (Wildman–Crippen LogP) is 9.18. The van der Waals surface area contributed by atoms with Crippen LogP contribution in [-0.2, 0) is 19.1 Å². The zero-order valence-corrected chi connectivity index (χ0v) is 29.4. The van der Waals surface area contributed by atoms with E-state index in [1.165, 1.54) is 68.6 Å². The molecule has 0 aromatic heterocycles. The molecule has 1 N–H and O–H groups in total. The summed E-state index contributed by atoms with van der Waals surface area (Å²) in [5, 5.41) is 9.45. The van der Waals surface area contributed by atoms with Gasteiger partial charge >= 0.3 is 11.9 Å². The van der Waals surface area contributed by atoms with E-state index in [4.69, 9.17) is 9.47 Å². The number of unbranched alkanes of at least 4 members (excludes halogenated alkanes) is 13. The molecule has 0 aromatic rings. The Labute approximate surface area is 273 Å². The molecule has 0 bridgehead atoms. The molecule has 1 saturated carbocycles. The third kappa shape index (κ3) is 24.0. The molecule has 0 aromatic carbocycles. The quantitative estimate of drug-likeness (QED) is 0.0362. The molecule has 0 saturated heterocycles. The zero-order chi connectivity index (χ0) is 30.5. The van der Waals surface area contributed by atoms with E-state index >= 15 is 0 Å². The SMILES string of the molecule is CCCCCC1CCC(OC(=O)CCCCCN(CCO)CCCCCCCC(=O)OCCCCCCCCI)CC1. The van der Waals surface area contributed by atoms with Crippen LogP contribution in [0.3, 0.4) is 0 Å². The minimum atomic E-state index is -0.0393. The van der Waals surface area contributed by atoms with Crippen LogP contribution in [0.4, 0.5) is 0 Å². The largest absolute Gasteiger partial charge is 0.466 e. The van der Waals surface area contributed by atoms with Crippen molar-refractivity contribution in [2.45, 2.75) is 167 Å². The average molecular weight is 708 g/mol. The molecule has 0 aliphatic heterocycles. The van der Waals surface area contributed by atoms with E-state index in [9.17, 15) is 14.7 Å². The van der Waals surface area contributed by atoms with Crippen molar-refractivity contribution in [3.63, 3.8) is 0 Å². The lowest BCUT2D eigenvalue weighted by Crippen LogP contribution is -2.29. The number of hydrogen-bond donors (Lipinski definition) is 1. The summed E-state index contributed by atoms with van der Waals surface area (Å²) in [4.78, 5) is 26.6. The molecule has 42 heavy (non-hydrogen) atoms. The van der Waals surface area contributed by atoms with Crippen molar-refractivity contribution in [1.29, 1.82) is 0 Å². The van der Waals surface area contributed by atoms with E-state index < -0.39 is 0 Å². The van der Waals surface area contributed by atoms with Gasteiger partial charge in [0.2, 0.25) is 0 Å². The van der Waals surface area contributed by atoms with Gasteiger partial charge in [0, 0.05) is 19.4 Å². The van der Waals surface area contributed by atoms with Gasteiger partial charge in [0.25, 0.3) is 0 Å². The Hall–Kier alpha value is -0.410. The molecule has 0 spiro atoms. The first kappa shape index (κ1) is 39.6. The Balaban J connectivity index is 1.96. The molecule has 1 aliphatic carbocycles. The fourth-order valence-electron chi connectivity index (χ4n) is 6.02. The number of aliphatic hydroxyl groups is 1. The fourth-order valence-corrected chi connectivity index (χ4v) is 6.56. The third-order valence-electron chi connectivity index (χ3n) is 8.73. The van der Waals surface area contributed by atoms with Crippen LogP contribution in [0.5, 0.6) is 0 Å². The topological polar surface area (TPSA) is 76.1 Å². The maximum atomic E-state index is 12.3. The van der Waals surface area contributed by atoms with Crippen LogP contribution in [-0.4, -0.2) is 65.3 Å². The van der Waals surface area contributed by atoms with Crippen LogP contribution in [0.1, 0.15) is 161 Å². The number of carbonyl (C=O) groups is 2. The van der Waals surface area contributed by atoms with Crippen LogP contribution in [0.15, 0.2) is 0 Å². The van der Waals surface area contributed by atoms with E-state index in [2.05, 4.69) is 34.4 Å². The van der Waals surface area contributed by atoms with Crippen LogP contribution in [0.2, 0.25) is 0 Å². The van der Waals surface area contributed by atoms with Crippen LogP contribution in [0.25, 0.3) is 0 Å². The molecule has 0 radical (unpaired) electrons. The summed E-state index contributed by atoms with van der Waals surface area (Å²) in [7, 11) is 0. The predicted molar refractivity (Wildman–Crippen MR) is 183 cm³/mol. The van der Waals surface area contributed by atoms with Gasteiger partial charge in [0.1, 0.15) is 6.10 Å². The van der Waals surface area contributed by atoms with Crippen molar-refractivity contribution < 1.29 is 24.2 Å². The highest BCUT2D eigenvalue weighted by Gasteiger charge is 2.23. The van der Waals surface area contributed by atoms with Gasteiger partial charge in [-0.05, 0) is 87.6 Å². The van der Waals surface area contributed by atoms with Gasteiger partial charge < -0.3 is 19.5 Å². The molecule has 0 amide bonds. The van der Waals surface area contributed by atoms with Gasteiger partial charge in [-0.25, -0.2) is 0 Å². The average Bonchev–Trinajstić information content (AvgIpc) is 2.98. The third-order valence-corrected chi connectivity index (χ3v) is 9.49. The van der Waals surface area contributed by atoms with Gasteiger partial charge in [-0.15, -0.1) is 0 Å². The van der Waals surface area contributed by atoms with Crippen molar-refractivity contribution in [1.82, 2.24) is 4.90 Å². The summed E-state index contributed by atoms with van der Waals surface area (Å²) < 4.78 is 12.4. The van der Waals surface area contributed by atoms with Crippen molar-refractivity contribution in [3.8, 4) is 0 Å². The van der Waals surface area contributed by atoms with E-state index in [0.717, 1.165) is 96.1 Å². The van der Waals surface area contributed by atoms with Gasteiger partial charge in [-0.3, -0.25) is 9.59 Å². The highest BCUT2D eigenvalue weighted by Crippen LogP contribution is 2.30. The number of halogens is 1. The Morgan fingerprint density at radius 1 is 0.690 bits per heavy atom. The van der Waals surface area contributed by atoms with E-state index in [1.54, 1.807) is 0 Å². The smallest absolute Gasteiger partial charge is 0.306 e. The number of esters is 2. The van der Waals surface area contributed by atoms with E-state index in [0.29, 0.717) is 26.0 Å². The monoisotopic (exact) mass is 707 g/mol. The maximum absolute atomic E-state index is 12.3. The molecule has 1 aliphatic rings. The number of rotatable bonds is 29. The Bertz CT molecular complexity index is 627. The van der Waals surface area contributed by atoms with Gasteiger partial charge in [0.15, 0.2) is 0 Å². The van der Waals surface area contributed by atoms with E-state index in [-0.39, 0.29) is 24.6 Å². The number of carbonyl (C=O) groups excluding carboxylic acids is 2. The van der Waals surface area contributed by atoms with Crippen LogP contribution >= 0.6 is 22.6 Å². The zero-order valence-electron chi connectivity index (χ0n) is 27.3. The number of nitrogens with zero attached hydrogens (tertiary/aromatic N) is 1. The summed E-state index contributed by atoms with van der Waals surface area (Å²) in [6.07, 6.45) is 26.8. The fraction of sp³-hybridized carbons (Fsp3) is 0.943. The minimum Gasteiger partial charge on any atom is -0.466 e. The molecule has 0 heterocycles. The lowest BCUT2D eigenvalue weighted by molar-refractivity contribution is -0.151. The van der Waals surface area contributed by atoms with Gasteiger partial charge in [-0.2, -0.15) is 0 Å². The molecule has 248 valence electrons. The van der Waals surface area contributed by atoms with Crippen LogP contribution < -0.4 is 0 Å². The number of hydrogen-bond acceptors (Lipinski definition) is 6. The summed E-state index contributed by atoms with van der Waals surface area (Å²) in [6, 6.07) is 0. The Morgan fingerprint density at radius 2 is 1.26 bits per heavy atom. The molecular weight excluding hydrogens is 641 g/mol. The summed E-state index contributed by atoms with van der Waals surface area (Å²) in [5.41, 5.74) is 0. The van der Waals surface area contributed by atoms with Crippen molar-refractivity contribution in [3.05, 3.63) is 0 Å². The summed E-state index contributed by atoms with van der Waals surface area (Å²) >= 11 is 2.43. The molecule has 0 unspecified atom stereocenters. The second kappa shape index (κ2) is 29.3. The molecule has 0 atom stereocenters. The molecular formula is C35H66INO5. The summed E-state index contributed by atoms with van der Waals surface area (Å²) in [5.74, 6) is 0.786. The Kier molecular flexibility index (Phi) is 27.6. The van der Waals surface area contributed by atoms with Gasteiger partial charge in [0.05, 0.1) is 13.2 Å². The second-order valence-electron chi connectivity index (χ2n) is 12.6. The van der Waals surface area contributed by atoms with E-state index in [1.807, 2.05) is 0 Å². The normalized spacial score (nSPS) is 17.0. The minimum absolute atomic E-state index is 0.0159. The first-order valence-corrected chi connectivity index (χ1v) is 19.4. The molecule has 1 rings (SSSR count).